The molecule has 650 valence electrons. The Bertz CT molecular complexity index is 4480. The maximum Gasteiger partial charge on any atom is 0.407 e. The first-order valence-corrected chi connectivity index (χ1v) is 46.4. The van der Waals surface area contributed by atoms with Crippen LogP contribution in [0.15, 0.2) is 212 Å². The summed E-state index contributed by atoms with van der Waals surface area (Å²) in [5.41, 5.74) is 6.96. The van der Waals surface area contributed by atoms with Crippen molar-refractivity contribution in [1.29, 1.82) is 0 Å². The predicted molar refractivity (Wildman–Crippen MR) is 468 cm³/mol. The van der Waals surface area contributed by atoms with Gasteiger partial charge in [-0.2, -0.15) is 0 Å². The van der Waals surface area contributed by atoms with E-state index in [1.807, 2.05) is 190 Å². The number of methoxy groups -OCH3 is 3. The van der Waals surface area contributed by atoms with Gasteiger partial charge in [0.25, 0.3) is 8.32 Å². The highest BCUT2D eigenvalue weighted by atomic mass is 28.4. The molecule has 2 N–H and O–H groups in total. The Morgan fingerprint density at radius 3 is 1.41 bits per heavy atom. The highest BCUT2D eigenvalue weighted by Gasteiger charge is 2.61. The van der Waals surface area contributed by atoms with Gasteiger partial charge in [0.15, 0.2) is 26.7 Å². The number of hydrogen-bond acceptors (Lipinski definition) is 20. The van der Waals surface area contributed by atoms with E-state index in [9.17, 15) is 14.4 Å². The third-order valence-corrected chi connectivity index (χ3v) is 34.4. The van der Waals surface area contributed by atoms with Crippen LogP contribution < -0.4 is 35.2 Å². The molecule has 3 aliphatic heterocycles. The van der Waals surface area contributed by atoms with Gasteiger partial charge >= 0.3 is 18.2 Å². The number of benzene rings is 8. The second-order valence-electron chi connectivity index (χ2n) is 35.1. The Kier molecular flexibility index (Phi) is 31.0. The fourth-order valence-corrected chi connectivity index (χ4v) is 27.7. The highest BCUT2D eigenvalue weighted by Crippen LogP contribution is 2.48. The topological polar surface area (TPSA) is 232 Å². The molecule has 3 saturated heterocycles. The number of amides is 2. The summed E-state index contributed by atoms with van der Waals surface area (Å²) in [5, 5.41) is 7.48. The molecule has 121 heavy (non-hydrogen) atoms. The lowest BCUT2D eigenvalue weighted by Crippen LogP contribution is -2.69. The van der Waals surface area contributed by atoms with Crippen molar-refractivity contribution in [3.8, 4) is 28.4 Å². The molecule has 3 fully saturated rings. The summed E-state index contributed by atoms with van der Waals surface area (Å²) in [6.07, 6.45) is -14.0. The molecule has 12 atom stereocenters. The Labute approximate surface area is 716 Å². The number of alkyl carbamates (subject to hydrolysis) is 2. The van der Waals surface area contributed by atoms with Crippen molar-refractivity contribution < 1.29 is 94.3 Å². The first kappa shape index (κ1) is 91.4. The minimum absolute atomic E-state index is 0.0234. The Balaban J connectivity index is 0.982. The van der Waals surface area contributed by atoms with Crippen molar-refractivity contribution in [2.75, 3.05) is 47.7 Å². The predicted octanol–water partition coefficient (Wildman–Crippen LogP) is 17.2. The third-order valence-electron chi connectivity index (χ3n) is 23.3. The molecule has 12 rings (SSSR count). The molecule has 1 aliphatic carbocycles. The van der Waals surface area contributed by atoms with Gasteiger partial charge in [-0.1, -0.05) is 238 Å². The molecule has 2 amide bonds. The smallest absolute Gasteiger partial charge is 0.407 e. The van der Waals surface area contributed by atoms with Crippen LogP contribution >= 0.6 is 0 Å². The fourth-order valence-electron chi connectivity index (χ4n) is 17.6. The Hall–Kier alpha value is -8.84. The standard InChI is InChI=1S/C97H124N2O20Si2/c1-63(2)120(64(3)4,65(5)6)111-61-82-84(106-56-67-41-47-70(103-15)48-42-67)86(107-57-68-43-49-71(104-16)50-44-68)88(108-58-69-45-51-72(105-17)52-46-69)91(114-82)116-89-87-85(117-97(13,14)118-87)83(62-112-121(96(10,11)12,74-33-23-19-24-34-74)75-35-25-20-26-36-75)115-92(89)113-73(55-98-93(101)119-95(7,8)9)53-54-81(90(100)109-59-66-31-21-18-22-32-66)99-94(102)110-60-80-78-39-29-27-37-76(78)77-38-28-30-40-79(77)80/h18-52,63-65,73,80-89,91-92H,53-62H2,1-17H3,(H,98,101)(H,99,102)/t73-,81+,82-,83-,84-,85+,86+,87+,88-,89-,91-,92-/m1/s1. The highest BCUT2D eigenvalue weighted by molar-refractivity contribution is 6.99. The van der Waals surface area contributed by atoms with Crippen LogP contribution in [0.4, 0.5) is 9.59 Å². The lowest BCUT2D eigenvalue weighted by molar-refractivity contribution is -0.373. The van der Waals surface area contributed by atoms with Gasteiger partial charge in [0, 0.05) is 12.5 Å². The van der Waals surface area contributed by atoms with E-state index in [1.165, 1.54) is 0 Å². The summed E-state index contributed by atoms with van der Waals surface area (Å²) in [4.78, 5) is 43.9. The summed E-state index contributed by atoms with van der Waals surface area (Å²) in [5.74, 6) is -0.303. The van der Waals surface area contributed by atoms with Crippen LogP contribution in [0.3, 0.4) is 0 Å². The SMILES string of the molecule is COc1ccc(CO[C@@H]2[C@@H](OCc3ccc(OC)cc3)[C@@H](O[C@H]3[C@H](O[C@H](CC[C@H](NC(=O)OCC4c5ccccc5-c5ccccc54)C(=O)OCc4ccccc4)CNC(=O)OC(C)(C)C)O[C@H](CO[Si](c4ccccc4)(c4ccccc4)C(C)(C)C)[C@@H]4OC(C)(C)O[C@@H]43)O[C@H](CO[Si](C(C)C)(C(C)C)C(C)C)[C@H]2OCc2ccc(OC)cc2)cc1. The van der Waals surface area contributed by atoms with Crippen molar-refractivity contribution in [3.05, 3.63) is 246 Å². The van der Waals surface area contributed by atoms with Crippen LogP contribution in [0.25, 0.3) is 11.1 Å². The second-order valence-corrected chi connectivity index (χ2v) is 44.8. The maximum absolute atomic E-state index is 15.0. The lowest BCUT2D eigenvalue weighted by atomic mass is 9.96. The number of rotatable bonds is 38. The minimum Gasteiger partial charge on any atom is -0.497 e. The molecule has 0 aromatic heterocycles. The molecule has 8 aromatic carbocycles. The Morgan fingerprint density at radius 1 is 0.463 bits per heavy atom. The van der Waals surface area contributed by atoms with Crippen molar-refractivity contribution >= 4 is 45.2 Å². The van der Waals surface area contributed by atoms with E-state index in [2.05, 4.69) is 109 Å². The van der Waals surface area contributed by atoms with Crippen LogP contribution in [0.2, 0.25) is 21.7 Å². The van der Waals surface area contributed by atoms with Crippen LogP contribution in [0.5, 0.6) is 17.2 Å². The van der Waals surface area contributed by atoms with Gasteiger partial charge in [-0.25, -0.2) is 14.4 Å². The van der Waals surface area contributed by atoms with Crippen molar-refractivity contribution in [3.63, 3.8) is 0 Å². The fraction of sp³-hybridized carbons (Fsp3) is 0.474. The zero-order valence-electron chi connectivity index (χ0n) is 73.2. The van der Waals surface area contributed by atoms with Crippen LogP contribution in [0.1, 0.15) is 149 Å². The van der Waals surface area contributed by atoms with Gasteiger partial charge in [0.05, 0.1) is 60.5 Å². The number of carbonyl (C=O) groups is 3. The van der Waals surface area contributed by atoms with E-state index in [-0.39, 0.29) is 88.2 Å². The van der Waals surface area contributed by atoms with Crippen LogP contribution in [0, 0.1) is 0 Å². The normalized spacial score (nSPS) is 21.5. The molecule has 0 saturated carbocycles. The first-order chi connectivity index (χ1) is 58.0. The van der Waals surface area contributed by atoms with E-state index in [0.29, 0.717) is 17.2 Å². The number of fused-ring (bicyclic) bond motifs is 4. The average Bonchev–Trinajstić information content (AvgIpc) is 1.72. The van der Waals surface area contributed by atoms with Gasteiger partial charge in [-0.3, -0.25) is 0 Å². The molecule has 24 heteroatoms. The molecule has 0 bridgehead atoms. The van der Waals surface area contributed by atoms with E-state index in [0.717, 1.165) is 54.9 Å². The number of esters is 1. The summed E-state index contributed by atoms with van der Waals surface area (Å²) in [7, 11) is -1.20. The monoisotopic (exact) mass is 1690 g/mol. The van der Waals surface area contributed by atoms with Crippen molar-refractivity contribution in [2.24, 2.45) is 0 Å². The molecule has 0 unspecified atom stereocenters. The van der Waals surface area contributed by atoms with E-state index >= 15 is 0 Å². The van der Waals surface area contributed by atoms with E-state index in [4.69, 9.17) is 79.9 Å². The molecule has 8 aromatic rings. The second kappa shape index (κ2) is 41.1. The summed E-state index contributed by atoms with van der Waals surface area (Å²) < 4.78 is 118. The number of hydrogen-bond donors (Lipinski definition) is 2. The number of nitrogens with one attached hydrogen (secondary N) is 2. The van der Waals surface area contributed by atoms with Gasteiger partial charge < -0.3 is 90.5 Å². The van der Waals surface area contributed by atoms with Crippen molar-refractivity contribution in [1.82, 2.24) is 10.6 Å². The molecular weight excluding hydrogens is 1570 g/mol. The van der Waals surface area contributed by atoms with E-state index < -0.39 is 125 Å². The minimum atomic E-state index is -3.36. The maximum atomic E-state index is 15.0. The largest absolute Gasteiger partial charge is 0.497 e. The lowest BCUT2D eigenvalue weighted by Gasteiger charge is -2.50. The van der Waals surface area contributed by atoms with Gasteiger partial charge in [-0.15, -0.1) is 0 Å². The molecule has 4 aliphatic rings. The zero-order valence-corrected chi connectivity index (χ0v) is 75.2. The molecule has 0 spiro atoms. The van der Waals surface area contributed by atoms with Gasteiger partial charge in [0.2, 0.25) is 0 Å². The zero-order chi connectivity index (χ0) is 86.2. The first-order valence-electron chi connectivity index (χ1n) is 42.4. The van der Waals surface area contributed by atoms with Crippen LogP contribution in [-0.2, 0) is 96.9 Å². The number of carbonyl (C=O) groups excluding carboxylic acids is 3. The quantitative estimate of drug-likeness (QED) is 0.0208. The van der Waals surface area contributed by atoms with Crippen molar-refractivity contribution in [2.45, 2.75) is 249 Å². The third kappa shape index (κ3) is 22.6. The number of ether oxygens (including phenoxy) is 15. The molecule has 0 radical (unpaired) electrons. The average molecular weight is 1690 g/mol. The van der Waals surface area contributed by atoms with E-state index in [1.54, 1.807) is 42.1 Å². The Morgan fingerprint density at radius 2 is 0.917 bits per heavy atom. The summed E-state index contributed by atoms with van der Waals surface area (Å²) >= 11 is 0. The molecule has 22 nitrogen and oxygen atoms in total. The van der Waals surface area contributed by atoms with Gasteiger partial charge in [-0.05, 0) is 160 Å². The summed E-state index contributed by atoms with van der Waals surface area (Å²) in [6.45, 7) is 29.0. The molecule has 3 heterocycles. The van der Waals surface area contributed by atoms with Crippen LogP contribution in [-0.4, -0.2) is 167 Å². The summed E-state index contributed by atoms with van der Waals surface area (Å²) in [6, 6.07) is 67.8. The van der Waals surface area contributed by atoms with Gasteiger partial charge in [0.1, 0.15) is 90.9 Å². The molecular formula is C97H124N2O20Si2.